The van der Waals surface area contributed by atoms with E-state index in [1.807, 2.05) is 0 Å². The van der Waals surface area contributed by atoms with E-state index in [2.05, 4.69) is 10.2 Å². The molecular weight excluding hydrogens is 632 g/mol. The van der Waals surface area contributed by atoms with Crippen LogP contribution in [0.25, 0.3) is 0 Å². The second-order valence-electron chi connectivity index (χ2n) is 9.62. The molecular formula is C28H44N4O15. The van der Waals surface area contributed by atoms with Gasteiger partial charge >= 0.3 is 11.8 Å². The lowest BCUT2D eigenvalue weighted by atomic mass is 10.2. The summed E-state index contributed by atoms with van der Waals surface area (Å²) in [5, 5.41) is 17.0. The van der Waals surface area contributed by atoms with Crippen molar-refractivity contribution in [3.63, 3.8) is 0 Å². The summed E-state index contributed by atoms with van der Waals surface area (Å²) in [6, 6.07) is 1.12. The van der Waals surface area contributed by atoms with E-state index in [0.29, 0.717) is 104 Å². The largest absolute Gasteiger partial charge is 0.379 e. The number of carbonyl (C=O) groups is 4. The van der Waals surface area contributed by atoms with Gasteiger partial charge < -0.3 is 52.8 Å². The molecule has 19 heteroatoms. The Morgan fingerprint density at radius 3 is 1.49 bits per heavy atom. The van der Waals surface area contributed by atoms with Gasteiger partial charge in [0.15, 0.2) is 11.5 Å². The van der Waals surface area contributed by atoms with Gasteiger partial charge in [0.25, 0.3) is 11.8 Å². The minimum Gasteiger partial charge on any atom is -0.379 e. The van der Waals surface area contributed by atoms with Gasteiger partial charge in [-0.1, -0.05) is 5.10 Å². The van der Waals surface area contributed by atoms with E-state index < -0.39 is 22.7 Å². The lowest BCUT2D eigenvalue weighted by molar-refractivity contribution is -0.389. The number of ether oxygens (including phenoxy) is 8. The van der Waals surface area contributed by atoms with E-state index in [1.165, 1.54) is 0 Å². The quantitative estimate of drug-likeness (QED) is 0.0369. The maximum atomic E-state index is 11.9. The normalized spacial score (nSPS) is 13.1. The van der Waals surface area contributed by atoms with Crippen LogP contribution in [0.1, 0.15) is 42.6 Å². The third-order valence-electron chi connectivity index (χ3n) is 5.99. The minimum atomic E-state index is -0.710. The number of aromatic amines is 1. The highest BCUT2D eigenvalue weighted by atomic mass is 16.7. The van der Waals surface area contributed by atoms with E-state index >= 15 is 0 Å². The summed E-state index contributed by atoms with van der Waals surface area (Å²) < 4.78 is 43.1. The van der Waals surface area contributed by atoms with E-state index in [0.717, 1.165) is 6.07 Å². The third-order valence-corrected chi connectivity index (χ3v) is 5.99. The van der Waals surface area contributed by atoms with Crippen molar-refractivity contribution in [3.8, 4) is 0 Å². The number of H-pyrrole nitrogens is 1. The summed E-state index contributed by atoms with van der Waals surface area (Å²) in [5.41, 5.74) is 0.0408. The number of nitro groups is 1. The minimum absolute atomic E-state index is 0.0408. The molecule has 1 N–H and O–H groups in total. The Bertz CT molecular complexity index is 1050. The molecule has 47 heavy (non-hydrogen) atoms. The molecule has 266 valence electrons. The summed E-state index contributed by atoms with van der Waals surface area (Å²) in [7, 11) is 0. The van der Waals surface area contributed by atoms with Crippen molar-refractivity contribution in [2.45, 2.75) is 32.1 Å². The second kappa shape index (κ2) is 25.6. The van der Waals surface area contributed by atoms with Crippen molar-refractivity contribution < 1.29 is 66.8 Å². The predicted molar refractivity (Wildman–Crippen MR) is 157 cm³/mol. The molecule has 0 aliphatic carbocycles. The van der Waals surface area contributed by atoms with E-state index in [9.17, 15) is 29.3 Å². The molecule has 0 spiro atoms. The number of imide groups is 1. The Morgan fingerprint density at radius 1 is 0.681 bits per heavy atom. The van der Waals surface area contributed by atoms with Crippen molar-refractivity contribution in [3.05, 3.63) is 21.9 Å². The lowest BCUT2D eigenvalue weighted by Crippen LogP contribution is -2.32. The number of nitrogens with one attached hydrogen (secondary N) is 1. The standard InChI is InChI=1S/C28H44N4O15/c33-24(23-22-25(30-29-23)32(37)38)2-1-6-39-8-10-41-12-14-43-16-18-45-20-21-46-19-17-44-15-13-42-11-9-40-7-5-28(36)47-31-26(34)3-4-27(31)35/h22H,1-21H2,(H,29,30). The Morgan fingerprint density at radius 2 is 1.09 bits per heavy atom. The van der Waals surface area contributed by atoms with Gasteiger partial charge in [0, 0.05) is 25.9 Å². The van der Waals surface area contributed by atoms with E-state index in [1.54, 1.807) is 0 Å². The Kier molecular flexibility index (Phi) is 21.7. The highest BCUT2D eigenvalue weighted by Gasteiger charge is 2.32. The van der Waals surface area contributed by atoms with Crippen LogP contribution in [-0.2, 0) is 57.1 Å². The van der Waals surface area contributed by atoms with Gasteiger partial charge in [-0.15, -0.1) is 10.2 Å². The van der Waals surface area contributed by atoms with Crippen LogP contribution in [0, 0.1) is 10.1 Å². The number of hydrogen-bond donors (Lipinski definition) is 1. The molecule has 1 aromatic heterocycles. The predicted octanol–water partition coefficient (Wildman–Crippen LogP) is 0.411. The fraction of sp³-hybridized carbons (Fsp3) is 0.750. The topological polar surface area (TPSA) is 226 Å². The summed E-state index contributed by atoms with van der Waals surface area (Å²) in [6.07, 6.45) is 0.666. The molecule has 1 fully saturated rings. The summed E-state index contributed by atoms with van der Waals surface area (Å²) in [5.74, 6) is -2.35. The summed E-state index contributed by atoms with van der Waals surface area (Å²) in [6.45, 7) is 5.95. The van der Waals surface area contributed by atoms with Gasteiger partial charge in [-0.2, -0.15) is 0 Å². The van der Waals surface area contributed by atoms with Gasteiger partial charge in [-0.05, 0) is 11.3 Å². The van der Waals surface area contributed by atoms with Crippen molar-refractivity contribution in [2.24, 2.45) is 0 Å². The number of hydrogen-bond acceptors (Lipinski definition) is 16. The molecule has 19 nitrogen and oxygen atoms in total. The summed E-state index contributed by atoms with van der Waals surface area (Å²) >= 11 is 0. The molecule has 2 rings (SSSR count). The number of carbonyl (C=O) groups excluding carboxylic acids is 4. The summed E-state index contributed by atoms with van der Waals surface area (Å²) in [4.78, 5) is 61.0. The van der Waals surface area contributed by atoms with E-state index in [4.69, 9.17) is 42.7 Å². The zero-order valence-corrected chi connectivity index (χ0v) is 26.4. The molecule has 1 saturated heterocycles. The van der Waals surface area contributed by atoms with Gasteiger partial charge in [0.05, 0.1) is 112 Å². The van der Waals surface area contributed by atoms with Gasteiger partial charge in [0.1, 0.15) is 0 Å². The van der Waals surface area contributed by atoms with Crippen LogP contribution in [0.2, 0.25) is 0 Å². The van der Waals surface area contributed by atoms with Crippen LogP contribution in [0.15, 0.2) is 6.07 Å². The Balaban J connectivity index is 1.20. The smallest absolute Gasteiger partial charge is 0.343 e. The monoisotopic (exact) mass is 676 g/mol. The second-order valence-corrected chi connectivity index (χ2v) is 9.62. The first kappa shape index (κ1) is 39.7. The van der Waals surface area contributed by atoms with Crippen molar-refractivity contribution >= 4 is 29.4 Å². The average Bonchev–Trinajstić information content (AvgIpc) is 3.68. The molecule has 2 amide bonds. The lowest BCUT2D eigenvalue weighted by Gasteiger charge is -2.12. The van der Waals surface area contributed by atoms with Crippen LogP contribution < -0.4 is 0 Å². The highest BCUT2D eigenvalue weighted by Crippen LogP contribution is 2.13. The van der Waals surface area contributed by atoms with Crippen LogP contribution >= 0.6 is 0 Å². The van der Waals surface area contributed by atoms with Crippen LogP contribution in [-0.4, -0.2) is 149 Å². The van der Waals surface area contributed by atoms with Crippen molar-refractivity contribution in [1.82, 2.24) is 15.3 Å². The molecule has 0 radical (unpaired) electrons. The van der Waals surface area contributed by atoms with Gasteiger partial charge in [-0.25, -0.2) is 4.79 Å². The van der Waals surface area contributed by atoms with Gasteiger partial charge in [-0.3, -0.25) is 14.4 Å². The first-order valence-electron chi connectivity index (χ1n) is 15.3. The maximum Gasteiger partial charge on any atom is 0.343 e. The number of Topliss-reactive ketones (excluding diaryl/α,β-unsaturated/α-hetero) is 1. The van der Waals surface area contributed by atoms with Crippen molar-refractivity contribution in [1.29, 1.82) is 0 Å². The molecule has 0 atom stereocenters. The fourth-order valence-corrected chi connectivity index (χ4v) is 3.61. The molecule has 0 bridgehead atoms. The molecule has 1 aromatic rings. The molecule has 0 unspecified atom stereocenters. The highest BCUT2D eigenvalue weighted by molar-refractivity contribution is 6.01. The number of hydroxylamine groups is 2. The van der Waals surface area contributed by atoms with Gasteiger partial charge in [0.2, 0.25) is 0 Å². The fourth-order valence-electron chi connectivity index (χ4n) is 3.61. The zero-order chi connectivity index (χ0) is 34.0. The van der Waals surface area contributed by atoms with Crippen LogP contribution in [0.3, 0.4) is 0 Å². The number of rotatable bonds is 31. The SMILES string of the molecule is O=C(CCOCCOCCOCCOCCOCCOCCOCCOCCCC(=O)c1cc([N+](=O)[O-])[nH]n1)ON1C(=O)CCC1=O. The molecule has 1 aliphatic heterocycles. The zero-order valence-electron chi connectivity index (χ0n) is 26.4. The number of nitrogens with zero attached hydrogens (tertiary/aromatic N) is 3. The average molecular weight is 677 g/mol. The molecule has 0 aromatic carbocycles. The number of amides is 2. The first-order chi connectivity index (χ1) is 22.9. The maximum absolute atomic E-state index is 11.9. The van der Waals surface area contributed by atoms with Crippen LogP contribution in [0.4, 0.5) is 5.82 Å². The van der Waals surface area contributed by atoms with E-state index in [-0.39, 0.29) is 56.2 Å². The first-order valence-corrected chi connectivity index (χ1v) is 15.3. The molecule has 2 heterocycles. The number of ketones is 1. The Labute approximate surface area is 271 Å². The third kappa shape index (κ3) is 19.1. The Hall–Kier alpha value is -3.43. The number of aromatic nitrogens is 2. The van der Waals surface area contributed by atoms with Crippen LogP contribution in [0.5, 0.6) is 0 Å². The molecule has 1 aliphatic rings. The molecule has 0 saturated carbocycles. The van der Waals surface area contributed by atoms with Crippen molar-refractivity contribution in [2.75, 3.05) is 106 Å².